The molecular weight excluding hydrogens is 390 g/mol. The lowest BCUT2D eigenvalue weighted by molar-refractivity contribution is -0.120. The molecule has 7 heteroatoms. The van der Waals surface area contributed by atoms with Crippen LogP contribution in [0.2, 0.25) is 0 Å². The molecule has 5 nitrogen and oxygen atoms in total. The van der Waals surface area contributed by atoms with Crippen molar-refractivity contribution in [1.82, 2.24) is 5.32 Å². The van der Waals surface area contributed by atoms with Crippen LogP contribution in [0.1, 0.15) is 39.2 Å². The van der Waals surface area contributed by atoms with Gasteiger partial charge in [-0.3, -0.25) is 9.59 Å². The number of halogens is 1. The Morgan fingerprint density at radius 2 is 1.96 bits per heavy atom. The highest BCUT2D eigenvalue weighted by atomic mass is 79.9. The average Bonchev–Trinajstić information content (AvgIpc) is 3.05. The molecule has 24 heavy (non-hydrogen) atoms. The van der Waals surface area contributed by atoms with Crippen molar-refractivity contribution in [3.8, 4) is 0 Å². The van der Waals surface area contributed by atoms with Gasteiger partial charge in [0.05, 0.1) is 5.56 Å². The summed E-state index contributed by atoms with van der Waals surface area (Å²) < 4.78 is 0.865. The van der Waals surface area contributed by atoms with Gasteiger partial charge < -0.3 is 16.0 Å². The number of carbonyl (C=O) groups excluding carboxylic acids is 2. The van der Waals surface area contributed by atoms with Gasteiger partial charge in [-0.1, -0.05) is 15.9 Å². The lowest BCUT2D eigenvalue weighted by Gasteiger charge is -2.34. The van der Waals surface area contributed by atoms with Gasteiger partial charge >= 0.3 is 0 Å². The van der Waals surface area contributed by atoms with Crippen LogP contribution in [0.5, 0.6) is 0 Å². The maximum Gasteiger partial charge on any atom is 0.275 e. The molecule has 1 aromatic carbocycles. The van der Waals surface area contributed by atoms with Gasteiger partial charge in [-0.25, -0.2) is 0 Å². The number of nitrogens with one attached hydrogen (secondary N) is 3. The van der Waals surface area contributed by atoms with Crippen LogP contribution < -0.4 is 16.0 Å². The van der Waals surface area contributed by atoms with Gasteiger partial charge in [0.1, 0.15) is 5.00 Å². The lowest BCUT2D eigenvalue weighted by atomic mass is 9.92. The number of hydrogen-bond acceptors (Lipinski definition) is 4. The van der Waals surface area contributed by atoms with Crippen LogP contribution in [-0.4, -0.2) is 11.8 Å². The number of amides is 2. The van der Waals surface area contributed by atoms with Crippen molar-refractivity contribution >= 4 is 49.8 Å². The summed E-state index contributed by atoms with van der Waals surface area (Å²) >= 11 is 5.07. The Labute approximate surface area is 151 Å². The normalized spacial score (nSPS) is 23.9. The minimum Gasteiger partial charge on any atom is -0.342 e. The van der Waals surface area contributed by atoms with Crippen LogP contribution in [0, 0.1) is 0 Å². The summed E-state index contributed by atoms with van der Waals surface area (Å²) in [5, 5.41) is 9.97. The molecule has 0 fully saturated rings. The second-order valence-corrected chi connectivity index (χ2v) is 8.41. The molecule has 2 amide bonds. The highest BCUT2D eigenvalue weighted by molar-refractivity contribution is 9.10. The number of anilines is 2. The first-order valence-corrected chi connectivity index (χ1v) is 9.56. The molecule has 2 aromatic rings. The Hall–Kier alpha value is -1.86. The topological polar surface area (TPSA) is 70.2 Å². The summed E-state index contributed by atoms with van der Waals surface area (Å²) in [7, 11) is 0. The number of carbonyl (C=O) groups is 2. The van der Waals surface area contributed by atoms with E-state index in [1.807, 2.05) is 18.2 Å². The number of thiophene rings is 1. The number of rotatable bonds is 0. The Morgan fingerprint density at radius 1 is 1.12 bits per heavy atom. The Morgan fingerprint density at radius 3 is 2.83 bits per heavy atom. The Bertz CT molecular complexity index is 923. The molecule has 1 atom stereocenters. The third kappa shape index (κ3) is 1.79. The smallest absolute Gasteiger partial charge is 0.275 e. The zero-order valence-corrected chi connectivity index (χ0v) is 15.1. The van der Waals surface area contributed by atoms with Crippen molar-refractivity contribution < 1.29 is 9.59 Å². The minimum absolute atomic E-state index is 0.161. The fourth-order valence-corrected chi connectivity index (χ4v) is 5.55. The lowest BCUT2D eigenvalue weighted by Crippen LogP contribution is -2.58. The molecule has 1 aliphatic carbocycles. The molecule has 0 bridgehead atoms. The van der Waals surface area contributed by atoms with Crippen molar-refractivity contribution in [1.29, 1.82) is 0 Å². The average molecular weight is 404 g/mol. The molecule has 0 radical (unpaired) electrons. The van der Waals surface area contributed by atoms with Crippen LogP contribution in [-0.2, 0) is 23.3 Å². The number of hydrogen-bond donors (Lipinski definition) is 3. The fourth-order valence-electron chi connectivity index (χ4n) is 3.85. The maximum absolute atomic E-state index is 12.9. The first-order valence-electron chi connectivity index (χ1n) is 7.95. The quantitative estimate of drug-likeness (QED) is 0.631. The van der Waals surface area contributed by atoms with E-state index >= 15 is 0 Å². The van der Waals surface area contributed by atoms with Crippen molar-refractivity contribution in [2.24, 2.45) is 0 Å². The molecule has 0 saturated carbocycles. The summed E-state index contributed by atoms with van der Waals surface area (Å²) in [6.07, 6.45) is 4.24. The zero-order valence-electron chi connectivity index (χ0n) is 12.7. The molecule has 0 unspecified atom stereocenters. The largest absolute Gasteiger partial charge is 0.342 e. The molecule has 3 heterocycles. The first kappa shape index (κ1) is 14.5. The zero-order chi connectivity index (χ0) is 16.5. The van der Waals surface area contributed by atoms with E-state index in [1.54, 1.807) is 11.3 Å². The summed E-state index contributed by atoms with van der Waals surface area (Å²) in [5.41, 5.74) is 2.13. The van der Waals surface area contributed by atoms with E-state index in [0.29, 0.717) is 0 Å². The molecule has 0 saturated heterocycles. The van der Waals surface area contributed by atoms with Crippen molar-refractivity contribution in [2.75, 3.05) is 10.6 Å². The van der Waals surface area contributed by atoms with Crippen LogP contribution in [0.4, 0.5) is 10.7 Å². The van der Waals surface area contributed by atoms with Crippen molar-refractivity contribution in [3.05, 3.63) is 44.2 Å². The highest BCUT2D eigenvalue weighted by Crippen LogP contribution is 2.46. The van der Waals surface area contributed by atoms with Gasteiger partial charge in [0.25, 0.3) is 11.8 Å². The molecule has 2 aliphatic heterocycles. The second-order valence-electron chi connectivity index (χ2n) is 6.39. The van der Waals surface area contributed by atoms with Gasteiger partial charge in [-0.2, -0.15) is 0 Å². The van der Waals surface area contributed by atoms with Crippen LogP contribution >= 0.6 is 27.3 Å². The van der Waals surface area contributed by atoms with E-state index in [2.05, 4.69) is 31.9 Å². The molecule has 3 N–H and O–H groups in total. The van der Waals surface area contributed by atoms with Crippen molar-refractivity contribution in [3.63, 3.8) is 0 Å². The molecule has 5 rings (SSSR count). The van der Waals surface area contributed by atoms with Crippen LogP contribution in [0.3, 0.4) is 0 Å². The second kappa shape index (κ2) is 4.83. The summed E-state index contributed by atoms with van der Waals surface area (Å²) in [6.45, 7) is 0. The highest BCUT2D eigenvalue weighted by Gasteiger charge is 2.52. The maximum atomic E-state index is 12.9. The summed E-state index contributed by atoms with van der Waals surface area (Å²) in [5.74, 6) is -0.410. The van der Waals surface area contributed by atoms with E-state index in [-0.39, 0.29) is 11.8 Å². The van der Waals surface area contributed by atoms with Gasteiger partial charge in [-0.15, -0.1) is 11.3 Å². The van der Waals surface area contributed by atoms with Crippen LogP contribution in [0.15, 0.2) is 22.7 Å². The minimum atomic E-state index is -1.23. The Balaban J connectivity index is 1.68. The summed E-state index contributed by atoms with van der Waals surface area (Å²) in [6, 6.07) is 5.59. The number of fused-ring (bicyclic) bond motifs is 5. The van der Waals surface area contributed by atoms with E-state index in [4.69, 9.17) is 0 Å². The predicted octanol–water partition coefficient (Wildman–Crippen LogP) is 3.35. The summed E-state index contributed by atoms with van der Waals surface area (Å²) in [4.78, 5) is 26.9. The third-order valence-electron chi connectivity index (χ3n) is 4.97. The van der Waals surface area contributed by atoms with E-state index in [1.165, 1.54) is 4.88 Å². The monoisotopic (exact) mass is 403 g/mol. The third-order valence-corrected chi connectivity index (χ3v) is 6.68. The molecule has 3 aliphatic rings. The van der Waals surface area contributed by atoms with Crippen LogP contribution in [0.25, 0.3) is 0 Å². The first-order chi connectivity index (χ1) is 11.6. The van der Waals surface area contributed by atoms with E-state index in [0.717, 1.165) is 57.5 Å². The van der Waals surface area contributed by atoms with Gasteiger partial charge in [-0.05, 0) is 49.4 Å². The van der Waals surface area contributed by atoms with Gasteiger partial charge in [0, 0.05) is 20.6 Å². The number of aryl methyl sites for hydroxylation is 1. The SMILES string of the molecule is O=C1N[C@]2(Nc3sc4c(c31)CCCC4)C(=O)Nc1ccc(Br)cc12. The number of benzene rings is 1. The molecule has 1 spiro atoms. The predicted molar refractivity (Wildman–Crippen MR) is 96.5 cm³/mol. The molecular formula is C17H14BrN3O2S. The standard InChI is InChI=1S/C17H14BrN3O2S/c18-8-5-6-11-10(7-8)17(16(23)19-11)20-14(22)13-9-3-1-2-4-12(9)24-15(13)21-17/h5-7,21H,1-4H2,(H,19,23)(H,20,22)/t17-/m1/s1. The fraction of sp³-hybridized carbons (Fsp3) is 0.294. The molecule has 1 aromatic heterocycles. The van der Waals surface area contributed by atoms with E-state index in [9.17, 15) is 9.59 Å². The van der Waals surface area contributed by atoms with Crippen molar-refractivity contribution in [2.45, 2.75) is 31.3 Å². The molecule has 122 valence electrons. The van der Waals surface area contributed by atoms with E-state index < -0.39 is 5.66 Å². The Kier molecular flexibility index (Phi) is 2.91. The van der Waals surface area contributed by atoms with Gasteiger partial charge in [0.2, 0.25) is 5.66 Å². The van der Waals surface area contributed by atoms with Gasteiger partial charge in [0.15, 0.2) is 0 Å².